The van der Waals surface area contributed by atoms with Crippen molar-refractivity contribution in [3.05, 3.63) is 35.1 Å². The van der Waals surface area contributed by atoms with E-state index >= 15 is 0 Å². The van der Waals surface area contributed by atoms with E-state index in [0.29, 0.717) is 6.61 Å². The molecule has 0 radical (unpaired) electrons. The van der Waals surface area contributed by atoms with E-state index in [4.69, 9.17) is 10.5 Å². The van der Waals surface area contributed by atoms with Gasteiger partial charge in [0.05, 0.1) is 25.1 Å². The smallest absolute Gasteiger partial charge is 0.307 e. The molecule has 3 N–H and O–H groups in total. The van der Waals surface area contributed by atoms with E-state index in [1.54, 1.807) is 6.92 Å². The van der Waals surface area contributed by atoms with Crippen LogP contribution in [0.2, 0.25) is 0 Å². The van der Waals surface area contributed by atoms with E-state index in [1.165, 1.54) is 18.2 Å². The molecule has 1 rings (SSSR count). The summed E-state index contributed by atoms with van der Waals surface area (Å²) in [7, 11) is 0. The minimum absolute atomic E-state index is 0.0740. The Morgan fingerprint density at radius 2 is 2.19 bits per heavy atom. The molecule has 0 saturated carbocycles. The van der Waals surface area contributed by atoms with Crippen molar-refractivity contribution >= 4 is 11.9 Å². The van der Waals surface area contributed by atoms with Crippen LogP contribution in [0, 0.1) is 17.7 Å². The first kappa shape index (κ1) is 16.7. The van der Waals surface area contributed by atoms with Crippen molar-refractivity contribution in [3.8, 4) is 11.8 Å². The third-order valence-electron chi connectivity index (χ3n) is 2.47. The highest BCUT2D eigenvalue weighted by molar-refractivity contribution is 5.96. The van der Waals surface area contributed by atoms with Crippen molar-refractivity contribution in [2.24, 2.45) is 5.73 Å². The number of hydrogen-bond acceptors (Lipinski definition) is 4. The van der Waals surface area contributed by atoms with Crippen molar-refractivity contribution in [1.82, 2.24) is 5.32 Å². The molecule has 0 aliphatic heterocycles. The summed E-state index contributed by atoms with van der Waals surface area (Å²) < 4.78 is 17.9. The lowest BCUT2D eigenvalue weighted by Gasteiger charge is -2.07. The topological polar surface area (TPSA) is 81.4 Å². The van der Waals surface area contributed by atoms with Crippen LogP contribution in [0.1, 0.15) is 29.3 Å². The number of benzene rings is 1. The molecule has 0 aromatic heterocycles. The molecule has 1 aromatic carbocycles. The van der Waals surface area contributed by atoms with Gasteiger partial charge >= 0.3 is 5.97 Å². The predicted octanol–water partition coefficient (Wildman–Crippen LogP) is 0.819. The summed E-state index contributed by atoms with van der Waals surface area (Å²) in [5.74, 6) is 3.92. The number of nitrogens with two attached hydrogens (primary N) is 1. The molecule has 1 amide bonds. The summed E-state index contributed by atoms with van der Waals surface area (Å²) in [6, 6.07) is 3.69. The molecule has 112 valence electrons. The molecular formula is C15H17FN2O3. The van der Waals surface area contributed by atoms with Crippen LogP contribution in [0.5, 0.6) is 0 Å². The highest BCUT2D eigenvalue weighted by atomic mass is 19.1. The van der Waals surface area contributed by atoms with Gasteiger partial charge in [0.2, 0.25) is 0 Å². The van der Waals surface area contributed by atoms with Gasteiger partial charge in [0.15, 0.2) is 0 Å². The van der Waals surface area contributed by atoms with E-state index in [-0.39, 0.29) is 36.6 Å². The second-order valence-corrected chi connectivity index (χ2v) is 4.01. The van der Waals surface area contributed by atoms with Gasteiger partial charge in [-0.1, -0.05) is 11.8 Å². The predicted molar refractivity (Wildman–Crippen MR) is 75.9 cm³/mol. The number of esters is 1. The van der Waals surface area contributed by atoms with Crippen molar-refractivity contribution in [1.29, 1.82) is 0 Å². The standard InChI is InChI=1S/C15H17FN2O3/c1-2-21-14(19)7-9-18-15(20)13-6-5-12(16)10-11(13)4-3-8-17/h5-6,10H,2,7-9,17H2,1H3,(H,18,20). The molecule has 0 aliphatic carbocycles. The van der Waals surface area contributed by atoms with Crippen LogP contribution in [0.4, 0.5) is 4.39 Å². The maximum Gasteiger partial charge on any atom is 0.307 e. The number of rotatable bonds is 5. The number of ether oxygens (including phenoxy) is 1. The highest BCUT2D eigenvalue weighted by Gasteiger charge is 2.11. The van der Waals surface area contributed by atoms with Crippen LogP contribution in [0.15, 0.2) is 18.2 Å². The zero-order chi connectivity index (χ0) is 15.7. The fourth-order valence-corrected chi connectivity index (χ4v) is 1.57. The van der Waals surface area contributed by atoms with Gasteiger partial charge in [-0.15, -0.1) is 0 Å². The lowest BCUT2D eigenvalue weighted by atomic mass is 10.1. The Labute approximate surface area is 122 Å². The summed E-state index contributed by atoms with van der Waals surface area (Å²) in [6.45, 7) is 2.25. The molecule has 0 unspecified atom stereocenters. The van der Waals surface area contributed by atoms with Crippen molar-refractivity contribution in [2.45, 2.75) is 13.3 Å². The van der Waals surface area contributed by atoms with Gasteiger partial charge in [0.1, 0.15) is 5.82 Å². The molecular weight excluding hydrogens is 275 g/mol. The molecule has 0 atom stereocenters. The van der Waals surface area contributed by atoms with E-state index in [0.717, 1.165) is 0 Å². The largest absolute Gasteiger partial charge is 0.466 e. The molecule has 1 aromatic rings. The summed E-state index contributed by atoms with van der Waals surface area (Å²) >= 11 is 0. The fraction of sp³-hybridized carbons (Fsp3) is 0.333. The molecule has 0 heterocycles. The highest BCUT2D eigenvalue weighted by Crippen LogP contribution is 2.10. The van der Waals surface area contributed by atoms with Gasteiger partial charge in [-0.2, -0.15) is 0 Å². The summed E-state index contributed by atoms with van der Waals surface area (Å²) in [4.78, 5) is 23.1. The molecule has 0 aliphatic rings. The number of carbonyl (C=O) groups excluding carboxylic acids is 2. The Kier molecular flexibility index (Phi) is 6.92. The van der Waals surface area contributed by atoms with Gasteiger partial charge < -0.3 is 15.8 Å². The van der Waals surface area contributed by atoms with Crippen LogP contribution in [0.3, 0.4) is 0 Å². The minimum atomic E-state index is -0.487. The maximum atomic E-state index is 13.2. The Balaban J connectivity index is 2.71. The monoisotopic (exact) mass is 292 g/mol. The summed E-state index contributed by atoms with van der Waals surface area (Å²) in [6.07, 6.45) is 0.0740. The number of nitrogens with one attached hydrogen (secondary N) is 1. The SMILES string of the molecule is CCOC(=O)CCNC(=O)c1ccc(F)cc1C#CCN. The number of hydrogen-bond donors (Lipinski definition) is 2. The zero-order valence-corrected chi connectivity index (χ0v) is 11.7. The van der Waals surface area contributed by atoms with Gasteiger partial charge in [-0.3, -0.25) is 9.59 Å². The van der Waals surface area contributed by atoms with E-state index in [1.807, 2.05) is 0 Å². The van der Waals surface area contributed by atoms with Crippen molar-refractivity contribution < 1.29 is 18.7 Å². The van der Waals surface area contributed by atoms with Crippen LogP contribution < -0.4 is 11.1 Å². The quantitative estimate of drug-likeness (QED) is 0.622. The van der Waals surface area contributed by atoms with Crippen LogP contribution in [0.25, 0.3) is 0 Å². The maximum absolute atomic E-state index is 13.2. The van der Waals surface area contributed by atoms with Crippen LogP contribution in [-0.4, -0.2) is 31.6 Å². The third-order valence-corrected chi connectivity index (χ3v) is 2.47. The Morgan fingerprint density at radius 3 is 2.86 bits per heavy atom. The van der Waals surface area contributed by atoms with Crippen LogP contribution >= 0.6 is 0 Å². The molecule has 0 spiro atoms. The second kappa shape index (κ2) is 8.72. The third kappa shape index (κ3) is 5.63. The second-order valence-electron chi connectivity index (χ2n) is 4.01. The number of amides is 1. The Morgan fingerprint density at radius 1 is 1.43 bits per heavy atom. The van der Waals surface area contributed by atoms with Gasteiger partial charge in [0, 0.05) is 12.1 Å². The lowest BCUT2D eigenvalue weighted by molar-refractivity contribution is -0.142. The first-order valence-electron chi connectivity index (χ1n) is 6.50. The van der Waals surface area contributed by atoms with Gasteiger partial charge in [-0.05, 0) is 25.1 Å². The number of halogens is 1. The Bertz CT molecular complexity index is 576. The first-order valence-corrected chi connectivity index (χ1v) is 6.50. The van der Waals surface area contributed by atoms with Crippen molar-refractivity contribution in [3.63, 3.8) is 0 Å². The van der Waals surface area contributed by atoms with E-state index in [2.05, 4.69) is 17.2 Å². The van der Waals surface area contributed by atoms with E-state index in [9.17, 15) is 14.0 Å². The normalized spacial score (nSPS) is 9.48. The minimum Gasteiger partial charge on any atom is -0.466 e. The fourth-order valence-electron chi connectivity index (χ4n) is 1.57. The first-order chi connectivity index (χ1) is 10.1. The molecule has 0 fully saturated rings. The van der Waals surface area contributed by atoms with Crippen molar-refractivity contribution in [2.75, 3.05) is 19.7 Å². The average molecular weight is 292 g/mol. The molecule has 6 heteroatoms. The van der Waals surface area contributed by atoms with E-state index < -0.39 is 11.7 Å². The van der Waals surface area contributed by atoms with Gasteiger partial charge in [0.25, 0.3) is 5.91 Å². The average Bonchev–Trinajstić information content (AvgIpc) is 2.45. The van der Waals surface area contributed by atoms with Gasteiger partial charge in [-0.25, -0.2) is 4.39 Å². The molecule has 0 bridgehead atoms. The molecule has 21 heavy (non-hydrogen) atoms. The molecule has 0 saturated heterocycles. The lowest BCUT2D eigenvalue weighted by Crippen LogP contribution is -2.27. The molecule has 5 nitrogen and oxygen atoms in total. The summed E-state index contributed by atoms with van der Waals surface area (Å²) in [5.41, 5.74) is 5.76. The van der Waals surface area contributed by atoms with Crippen LogP contribution in [-0.2, 0) is 9.53 Å². The number of carbonyl (C=O) groups is 2. The zero-order valence-electron chi connectivity index (χ0n) is 11.7. The summed E-state index contributed by atoms with van der Waals surface area (Å²) in [5, 5.41) is 2.56. The Hall–Kier alpha value is -2.39.